The highest BCUT2D eigenvalue weighted by Gasteiger charge is 1.97. The van der Waals surface area contributed by atoms with Crippen molar-refractivity contribution in [2.45, 2.75) is 19.8 Å². The minimum absolute atomic E-state index is 0.0956. The highest BCUT2D eigenvalue weighted by atomic mass is 16.5. The average molecular weight is 173 g/mol. The third-order valence-electron chi connectivity index (χ3n) is 1.26. The molecule has 0 saturated carbocycles. The van der Waals surface area contributed by atoms with Gasteiger partial charge in [0.1, 0.15) is 6.29 Å². The fraction of sp³-hybridized carbons (Fsp3) is 0.750. The maximum atomic E-state index is 10.8. The lowest BCUT2D eigenvalue weighted by Crippen LogP contribution is -2.26. The first-order valence-corrected chi connectivity index (χ1v) is 4.09. The Morgan fingerprint density at radius 3 is 2.92 bits per heavy atom. The topological polar surface area (TPSA) is 55.4 Å². The predicted octanol–water partition coefficient (Wildman–Crippen LogP) is 0.118. The maximum absolute atomic E-state index is 10.8. The monoisotopic (exact) mass is 173 g/mol. The van der Waals surface area contributed by atoms with E-state index in [9.17, 15) is 9.59 Å². The molecular weight excluding hydrogens is 158 g/mol. The molecule has 0 bridgehead atoms. The number of hydrogen-bond donors (Lipinski definition) is 1. The third-order valence-corrected chi connectivity index (χ3v) is 1.26. The number of carbonyl (C=O) groups is 2. The summed E-state index contributed by atoms with van der Waals surface area (Å²) in [5.41, 5.74) is 0. The predicted molar refractivity (Wildman–Crippen MR) is 44.8 cm³/mol. The van der Waals surface area contributed by atoms with Gasteiger partial charge in [-0.1, -0.05) is 0 Å². The van der Waals surface area contributed by atoms with Gasteiger partial charge in [0.25, 0.3) is 0 Å². The summed E-state index contributed by atoms with van der Waals surface area (Å²) in [5.74, 6) is -0.0956. The molecule has 0 aliphatic carbocycles. The van der Waals surface area contributed by atoms with E-state index in [2.05, 4.69) is 5.32 Å². The zero-order chi connectivity index (χ0) is 9.23. The van der Waals surface area contributed by atoms with Gasteiger partial charge in [-0.05, 0) is 6.92 Å². The van der Waals surface area contributed by atoms with Crippen molar-refractivity contribution >= 4 is 12.2 Å². The van der Waals surface area contributed by atoms with E-state index in [4.69, 9.17) is 4.74 Å². The molecule has 0 aromatic heterocycles. The van der Waals surface area contributed by atoms with Gasteiger partial charge >= 0.3 is 0 Å². The molecule has 0 unspecified atom stereocenters. The van der Waals surface area contributed by atoms with Crippen LogP contribution in [0.1, 0.15) is 19.8 Å². The first kappa shape index (κ1) is 11.1. The summed E-state index contributed by atoms with van der Waals surface area (Å²) >= 11 is 0. The lowest BCUT2D eigenvalue weighted by molar-refractivity contribution is -0.122. The lowest BCUT2D eigenvalue weighted by Gasteiger charge is -2.02. The molecule has 1 N–H and O–H groups in total. The Kier molecular flexibility index (Phi) is 7.58. The molecule has 12 heavy (non-hydrogen) atoms. The Morgan fingerprint density at radius 1 is 1.58 bits per heavy atom. The Bertz CT molecular complexity index is 136. The van der Waals surface area contributed by atoms with Gasteiger partial charge in [0, 0.05) is 26.0 Å². The van der Waals surface area contributed by atoms with Gasteiger partial charge in [-0.15, -0.1) is 0 Å². The van der Waals surface area contributed by atoms with E-state index in [1.54, 1.807) is 0 Å². The van der Waals surface area contributed by atoms with Crippen molar-refractivity contribution in [2.75, 3.05) is 19.8 Å². The molecule has 0 spiro atoms. The second kappa shape index (κ2) is 8.20. The van der Waals surface area contributed by atoms with Gasteiger partial charge < -0.3 is 14.8 Å². The fourth-order valence-electron chi connectivity index (χ4n) is 0.685. The summed E-state index contributed by atoms with van der Waals surface area (Å²) in [6.45, 7) is 3.60. The second-order valence-corrected chi connectivity index (χ2v) is 2.25. The molecule has 0 rings (SSSR count). The van der Waals surface area contributed by atoms with E-state index in [1.807, 2.05) is 6.92 Å². The summed E-state index contributed by atoms with van der Waals surface area (Å²) in [6.07, 6.45) is 1.30. The Balaban J connectivity index is 3.13. The summed E-state index contributed by atoms with van der Waals surface area (Å²) in [5, 5.41) is 2.63. The van der Waals surface area contributed by atoms with Crippen LogP contribution in [-0.2, 0) is 14.3 Å². The number of ether oxygens (including phenoxy) is 1. The van der Waals surface area contributed by atoms with Crippen molar-refractivity contribution in [1.29, 1.82) is 0 Å². The van der Waals surface area contributed by atoms with Gasteiger partial charge in [-0.3, -0.25) is 4.79 Å². The summed E-state index contributed by atoms with van der Waals surface area (Å²) in [4.78, 5) is 20.7. The van der Waals surface area contributed by atoms with Crippen LogP contribution < -0.4 is 5.32 Å². The van der Waals surface area contributed by atoms with Crippen LogP contribution in [0.3, 0.4) is 0 Å². The van der Waals surface area contributed by atoms with Crippen molar-refractivity contribution in [3.05, 3.63) is 0 Å². The fourth-order valence-corrected chi connectivity index (χ4v) is 0.685. The number of nitrogens with one attached hydrogen (secondary N) is 1. The molecule has 0 aromatic rings. The Labute approximate surface area is 72.3 Å². The zero-order valence-electron chi connectivity index (χ0n) is 7.34. The quantitative estimate of drug-likeness (QED) is 0.439. The highest BCUT2D eigenvalue weighted by molar-refractivity contribution is 5.77. The molecule has 0 heterocycles. The van der Waals surface area contributed by atoms with Crippen LogP contribution in [0.25, 0.3) is 0 Å². The molecule has 1 amide bonds. The smallest absolute Gasteiger partial charge is 0.220 e. The number of carbonyl (C=O) groups excluding carboxylic acids is 2. The number of aldehydes is 1. The molecule has 0 aromatic carbocycles. The Hall–Kier alpha value is -0.900. The van der Waals surface area contributed by atoms with Crippen LogP contribution in [0.4, 0.5) is 0 Å². The van der Waals surface area contributed by atoms with Crippen molar-refractivity contribution in [3.8, 4) is 0 Å². The zero-order valence-corrected chi connectivity index (χ0v) is 7.34. The summed E-state index contributed by atoms with van der Waals surface area (Å²) < 4.78 is 5.00. The van der Waals surface area contributed by atoms with E-state index < -0.39 is 0 Å². The Morgan fingerprint density at radius 2 is 2.33 bits per heavy atom. The van der Waals surface area contributed by atoms with E-state index in [1.165, 1.54) is 0 Å². The van der Waals surface area contributed by atoms with Gasteiger partial charge in [0.05, 0.1) is 6.61 Å². The molecule has 4 nitrogen and oxygen atoms in total. The number of amides is 1. The first-order chi connectivity index (χ1) is 5.81. The molecule has 0 aliphatic rings. The van der Waals surface area contributed by atoms with Gasteiger partial charge in [0.2, 0.25) is 5.91 Å². The van der Waals surface area contributed by atoms with Crippen LogP contribution in [0.15, 0.2) is 0 Å². The van der Waals surface area contributed by atoms with Gasteiger partial charge in [-0.25, -0.2) is 0 Å². The number of hydrogen-bond acceptors (Lipinski definition) is 3. The molecule has 0 saturated heterocycles. The minimum Gasteiger partial charge on any atom is -0.380 e. The molecule has 0 aliphatic heterocycles. The van der Waals surface area contributed by atoms with E-state index in [0.29, 0.717) is 26.2 Å². The van der Waals surface area contributed by atoms with Crippen molar-refractivity contribution < 1.29 is 14.3 Å². The first-order valence-electron chi connectivity index (χ1n) is 4.09. The van der Waals surface area contributed by atoms with E-state index >= 15 is 0 Å². The minimum atomic E-state index is -0.0956. The van der Waals surface area contributed by atoms with Gasteiger partial charge in [-0.2, -0.15) is 0 Å². The molecule has 4 heteroatoms. The van der Waals surface area contributed by atoms with Crippen molar-refractivity contribution in [1.82, 2.24) is 5.32 Å². The SMILES string of the molecule is CCOCCNC(=O)CCC=O. The third kappa shape index (κ3) is 7.21. The molecule has 0 radical (unpaired) electrons. The lowest BCUT2D eigenvalue weighted by atomic mass is 10.3. The highest BCUT2D eigenvalue weighted by Crippen LogP contribution is 1.83. The average Bonchev–Trinajstić information content (AvgIpc) is 2.09. The summed E-state index contributed by atoms with van der Waals surface area (Å²) in [7, 11) is 0. The van der Waals surface area contributed by atoms with Crippen LogP contribution in [0.2, 0.25) is 0 Å². The normalized spacial score (nSPS) is 9.42. The van der Waals surface area contributed by atoms with E-state index in [0.717, 1.165) is 6.29 Å². The molecule has 70 valence electrons. The second-order valence-electron chi connectivity index (χ2n) is 2.25. The standard InChI is InChI=1S/C8H15NO3/c1-2-12-7-5-9-8(11)4-3-6-10/h6H,2-5,7H2,1H3,(H,9,11). The molecule has 0 fully saturated rings. The van der Waals surface area contributed by atoms with Crippen LogP contribution >= 0.6 is 0 Å². The summed E-state index contributed by atoms with van der Waals surface area (Å²) in [6, 6.07) is 0. The van der Waals surface area contributed by atoms with E-state index in [-0.39, 0.29) is 12.3 Å². The molecule has 0 atom stereocenters. The largest absolute Gasteiger partial charge is 0.380 e. The molecular formula is C8H15NO3. The number of rotatable bonds is 7. The van der Waals surface area contributed by atoms with Crippen LogP contribution in [0, 0.1) is 0 Å². The van der Waals surface area contributed by atoms with Crippen molar-refractivity contribution in [2.24, 2.45) is 0 Å². The van der Waals surface area contributed by atoms with Gasteiger partial charge in [0.15, 0.2) is 0 Å². The van der Waals surface area contributed by atoms with Crippen LogP contribution in [0.5, 0.6) is 0 Å². The van der Waals surface area contributed by atoms with Crippen LogP contribution in [-0.4, -0.2) is 32.0 Å². The maximum Gasteiger partial charge on any atom is 0.220 e. The van der Waals surface area contributed by atoms with Crippen molar-refractivity contribution in [3.63, 3.8) is 0 Å².